The maximum absolute atomic E-state index is 12.6. The van der Waals surface area contributed by atoms with Gasteiger partial charge in [-0.25, -0.2) is 9.78 Å². The number of aromatic nitrogens is 3. The minimum atomic E-state index is -0.398. The van der Waals surface area contributed by atoms with Gasteiger partial charge in [-0.1, -0.05) is 29.8 Å². The van der Waals surface area contributed by atoms with Gasteiger partial charge in [0.15, 0.2) is 0 Å². The second-order valence-electron chi connectivity index (χ2n) is 7.46. The summed E-state index contributed by atoms with van der Waals surface area (Å²) in [6.45, 7) is 0.254. The summed E-state index contributed by atoms with van der Waals surface area (Å²) in [7, 11) is 0. The third-order valence-electron chi connectivity index (χ3n) is 5.24. The Balaban J connectivity index is 1.45. The van der Waals surface area contributed by atoms with E-state index in [1.54, 1.807) is 30.7 Å². The quantitative estimate of drug-likeness (QED) is 0.251. The molecule has 0 saturated carbocycles. The molecule has 3 aromatic heterocycles. The molecule has 0 aliphatic heterocycles. The van der Waals surface area contributed by atoms with E-state index in [0.717, 1.165) is 27.5 Å². The van der Waals surface area contributed by atoms with Gasteiger partial charge < -0.3 is 10.1 Å². The van der Waals surface area contributed by atoms with Crippen molar-refractivity contribution in [1.82, 2.24) is 15.0 Å². The molecule has 0 atom stereocenters. The van der Waals surface area contributed by atoms with Gasteiger partial charge in [0.2, 0.25) is 0 Å². The predicted octanol–water partition coefficient (Wildman–Crippen LogP) is 5.97. The molecule has 2 aromatic carbocycles. The topological polar surface area (TPSA) is 77.0 Å². The fraction of sp³-hybridized carbons (Fsp3) is 0.0769. The van der Waals surface area contributed by atoms with Crippen molar-refractivity contribution in [3.8, 4) is 0 Å². The predicted molar refractivity (Wildman–Crippen MR) is 130 cm³/mol. The number of carbonyl (C=O) groups excluding carboxylic acids is 1. The highest BCUT2D eigenvalue weighted by atomic mass is 35.5. The normalized spacial score (nSPS) is 10.9. The number of carbonyl (C=O) groups is 1. The number of anilines is 2. The van der Waals surface area contributed by atoms with Gasteiger partial charge in [0.25, 0.3) is 0 Å². The van der Waals surface area contributed by atoms with Crippen LogP contribution in [0.5, 0.6) is 0 Å². The summed E-state index contributed by atoms with van der Waals surface area (Å²) in [4.78, 5) is 26.0. The molecule has 162 valence electrons. The summed E-state index contributed by atoms with van der Waals surface area (Å²) in [5.41, 5.74) is 2.80. The van der Waals surface area contributed by atoms with Crippen molar-refractivity contribution in [1.29, 1.82) is 0 Å². The van der Waals surface area contributed by atoms with Crippen LogP contribution in [0.2, 0.25) is 5.02 Å². The SMILES string of the molecule is O=C(OCCc1ccccn1)c1ccc2c(c1)nc(Nc1cccc(Cl)c1)c1ccncc12. The zero-order chi connectivity index (χ0) is 22.6. The molecule has 6 nitrogen and oxygen atoms in total. The maximum Gasteiger partial charge on any atom is 0.338 e. The van der Waals surface area contributed by atoms with Gasteiger partial charge >= 0.3 is 5.97 Å². The van der Waals surface area contributed by atoms with Gasteiger partial charge in [-0.2, -0.15) is 0 Å². The average Bonchev–Trinajstić information content (AvgIpc) is 2.84. The minimum Gasteiger partial charge on any atom is -0.462 e. The molecule has 0 fully saturated rings. The molecule has 5 aromatic rings. The number of hydrogen-bond acceptors (Lipinski definition) is 6. The Morgan fingerprint density at radius 1 is 0.939 bits per heavy atom. The van der Waals surface area contributed by atoms with Crippen LogP contribution in [0.15, 0.2) is 85.3 Å². The Bertz CT molecular complexity index is 1460. The van der Waals surface area contributed by atoms with Crippen LogP contribution >= 0.6 is 11.6 Å². The van der Waals surface area contributed by atoms with Crippen molar-refractivity contribution in [2.45, 2.75) is 6.42 Å². The second-order valence-corrected chi connectivity index (χ2v) is 7.89. The molecule has 7 heteroatoms. The summed E-state index contributed by atoms with van der Waals surface area (Å²) in [5.74, 6) is 0.258. The highest BCUT2D eigenvalue weighted by Gasteiger charge is 2.13. The summed E-state index contributed by atoms with van der Waals surface area (Å²) in [5, 5.41) is 6.72. The van der Waals surface area contributed by atoms with Crippen molar-refractivity contribution in [3.05, 3.63) is 102 Å². The van der Waals surface area contributed by atoms with Gasteiger partial charge in [0.05, 0.1) is 17.7 Å². The van der Waals surface area contributed by atoms with Crippen molar-refractivity contribution in [3.63, 3.8) is 0 Å². The lowest BCUT2D eigenvalue weighted by atomic mass is 10.1. The molecule has 0 saturated heterocycles. The number of pyridine rings is 3. The van der Waals surface area contributed by atoms with E-state index < -0.39 is 5.97 Å². The van der Waals surface area contributed by atoms with Gasteiger partial charge in [-0.3, -0.25) is 9.97 Å². The highest BCUT2D eigenvalue weighted by molar-refractivity contribution is 6.30. The lowest BCUT2D eigenvalue weighted by molar-refractivity contribution is 0.0508. The first kappa shape index (κ1) is 20.8. The number of esters is 1. The van der Waals surface area contributed by atoms with E-state index in [-0.39, 0.29) is 6.61 Å². The van der Waals surface area contributed by atoms with Crippen molar-refractivity contribution < 1.29 is 9.53 Å². The first-order chi connectivity index (χ1) is 16.2. The summed E-state index contributed by atoms with van der Waals surface area (Å²) in [6.07, 6.45) is 5.81. The molecule has 0 amide bonds. The number of ether oxygens (including phenoxy) is 1. The monoisotopic (exact) mass is 454 g/mol. The molecule has 0 spiro atoms. The summed E-state index contributed by atoms with van der Waals surface area (Å²) >= 11 is 6.14. The number of hydrogen-bond donors (Lipinski definition) is 1. The van der Waals surface area contributed by atoms with Crippen LogP contribution in [-0.4, -0.2) is 27.5 Å². The molecule has 0 bridgehead atoms. The zero-order valence-electron chi connectivity index (χ0n) is 17.5. The van der Waals surface area contributed by atoms with Crippen LogP contribution in [-0.2, 0) is 11.2 Å². The lowest BCUT2D eigenvalue weighted by Gasteiger charge is -2.12. The highest BCUT2D eigenvalue weighted by Crippen LogP contribution is 2.31. The van der Waals surface area contributed by atoms with Crippen LogP contribution in [0.1, 0.15) is 16.1 Å². The van der Waals surface area contributed by atoms with Gasteiger partial charge in [0, 0.05) is 57.6 Å². The Kier molecular flexibility index (Phi) is 5.83. The van der Waals surface area contributed by atoms with E-state index >= 15 is 0 Å². The largest absolute Gasteiger partial charge is 0.462 e. The van der Waals surface area contributed by atoms with E-state index in [1.165, 1.54) is 0 Å². The molecule has 0 unspecified atom stereocenters. The van der Waals surface area contributed by atoms with E-state index in [9.17, 15) is 4.79 Å². The summed E-state index contributed by atoms with van der Waals surface area (Å²) in [6, 6.07) is 20.4. The van der Waals surface area contributed by atoms with E-state index in [4.69, 9.17) is 21.3 Å². The standard InChI is InChI=1S/C26H19ClN4O2/c27-18-4-3-6-20(15-18)30-25-22-9-12-28-16-23(22)21-8-7-17(14-24(21)31-25)26(32)33-13-10-19-5-1-2-11-29-19/h1-9,11-12,14-16H,10,13H2,(H,30,31). The van der Waals surface area contributed by atoms with Gasteiger partial charge in [-0.15, -0.1) is 0 Å². The van der Waals surface area contributed by atoms with Gasteiger partial charge in [-0.05, 0) is 48.5 Å². The minimum absolute atomic E-state index is 0.254. The fourth-order valence-corrected chi connectivity index (χ4v) is 3.84. The van der Waals surface area contributed by atoms with Gasteiger partial charge in [0.1, 0.15) is 5.82 Å². The molecular formula is C26H19ClN4O2. The Hall–Kier alpha value is -4.03. The Labute approximate surface area is 195 Å². The van der Waals surface area contributed by atoms with E-state index in [1.807, 2.05) is 54.6 Å². The maximum atomic E-state index is 12.6. The molecule has 0 aliphatic rings. The lowest BCUT2D eigenvalue weighted by Crippen LogP contribution is -2.09. The third kappa shape index (κ3) is 4.61. The second kappa shape index (κ2) is 9.22. The van der Waals surface area contributed by atoms with Crippen LogP contribution in [0.4, 0.5) is 11.5 Å². The number of halogens is 1. The Morgan fingerprint density at radius 3 is 2.73 bits per heavy atom. The fourth-order valence-electron chi connectivity index (χ4n) is 3.65. The van der Waals surface area contributed by atoms with Crippen LogP contribution in [0.25, 0.3) is 21.7 Å². The molecular weight excluding hydrogens is 436 g/mol. The first-order valence-electron chi connectivity index (χ1n) is 10.4. The first-order valence-corrected chi connectivity index (χ1v) is 10.8. The van der Waals surface area contributed by atoms with Crippen molar-refractivity contribution in [2.75, 3.05) is 11.9 Å². The number of benzene rings is 2. The van der Waals surface area contributed by atoms with Crippen LogP contribution < -0.4 is 5.32 Å². The number of rotatable bonds is 6. The van der Waals surface area contributed by atoms with Crippen LogP contribution in [0.3, 0.4) is 0 Å². The molecule has 33 heavy (non-hydrogen) atoms. The summed E-state index contributed by atoms with van der Waals surface area (Å²) < 4.78 is 5.46. The molecule has 0 aliphatic carbocycles. The smallest absolute Gasteiger partial charge is 0.338 e. The van der Waals surface area contributed by atoms with E-state index in [2.05, 4.69) is 15.3 Å². The van der Waals surface area contributed by atoms with Crippen LogP contribution in [0, 0.1) is 0 Å². The average molecular weight is 455 g/mol. The number of fused-ring (bicyclic) bond motifs is 3. The zero-order valence-corrected chi connectivity index (χ0v) is 18.3. The third-order valence-corrected chi connectivity index (χ3v) is 5.47. The Morgan fingerprint density at radius 2 is 1.88 bits per heavy atom. The molecule has 3 heterocycles. The molecule has 5 rings (SSSR count). The van der Waals surface area contributed by atoms with Crippen molar-refractivity contribution in [2.24, 2.45) is 0 Å². The molecule has 1 N–H and O–H groups in total. The van der Waals surface area contributed by atoms with E-state index in [0.29, 0.717) is 28.3 Å². The van der Waals surface area contributed by atoms with Crippen molar-refractivity contribution >= 4 is 50.8 Å². The molecule has 0 radical (unpaired) electrons. The number of nitrogens with one attached hydrogen (secondary N) is 1. The number of nitrogens with zero attached hydrogens (tertiary/aromatic N) is 3.